The summed E-state index contributed by atoms with van der Waals surface area (Å²) in [5.41, 5.74) is 0. The molecule has 0 aliphatic heterocycles. The Labute approximate surface area is 380 Å². The smallest absolute Gasteiger partial charge is 0.306 e. The number of carbonyl (C=O) groups excluding carboxylic acids is 3. The van der Waals surface area contributed by atoms with Crippen LogP contribution in [0.5, 0.6) is 0 Å². The third-order valence-electron chi connectivity index (χ3n) is 13.1. The van der Waals surface area contributed by atoms with E-state index in [2.05, 4.69) is 41.5 Å². The molecule has 0 aromatic rings. The van der Waals surface area contributed by atoms with E-state index in [1.54, 1.807) is 0 Å². The minimum absolute atomic E-state index is 0.0654. The largest absolute Gasteiger partial charge is 0.462 e. The lowest BCUT2D eigenvalue weighted by Gasteiger charge is -2.18. The first kappa shape index (κ1) is 59.4. The van der Waals surface area contributed by atoms with E-state index in [1.807, 2.05) is 0 Å². The SMILES string of the molecule is CCC(C)CCCCCCCCCCCCCCCCCCCCC(=O)OC[C@H](COC(=O)CCCCCCCCC(C)CC)OC(=O)CCCCCCCCCCC(C)C. The van der Waals surface area contributed by atoms with Crippen molar-refractivity contribution < 1.29 is 28.6 Å². The second kappa shape index (κ2) is 46.4. The highest BCUT2D eigenvalue weighted by molar-refractivity contribution is 5.71. The quantitative estimate of drug-likeness (QED) is 0.0344. The van der Waals surface area contributed by atoms with Gasteiger partial charge in [-0.3, -0.25) is 14.4 Å². The number of hydrogen-bond acceptors (Lipinski definition) is 6. The van der Waals surface area contributed by atoms with Gasteiger partial charge in [-0.15, -0.1) is 0 Å². The molecule has 0 bridgehead atoms. The van der Waals surface area contributed by atoms with Crippen molar-refractivity contribution in [2.45, 2.75) is 304 Å². The maximum atomic E-state index is 12.8. The van der Waals surface area contributed by atoms with Crippen LogP contribution in [0.15, 0.2) is 0 Å². The molecule has 2 unspecified atom stereocenters. The van der Waals surface area contributed by atoms with Gasteiger partial charge in [-0.05, 0) is 37.0 Å². The molecule has 6 nitrogen and oxygen atoms in total. The fourth-order valence-corrected chi connectivity index (χ4v) is 8.23. The average molecular weight is 863 g/mol. The van der Waals surface area contributed by atoms with Crippen molar-refractivity contribution in [3.8, 4) is 0 Å². The molecule has 0 spiro atoms. The molecule has 0 aliphatic rings. The van der Waals surface area contributed by atoms with Crippen LogP contribution < -0.4 is 0 Å². The summed E-state index contributed by atoms with van der Waals surface area (Å²) >= 11 is 0. The van der Waals surface area contributed by atoms with Crippen LogP contribution in [-0.2, 0) is 28.6 Å². The number of ether oxygens (including phenoxy) is 3. The lowest BCUT2D eigenvalue weighted by atomic mass is 9.99. The maximum Gasteiger partial charge on any atom is 0.306 e. The molecule has 0 heterocycles. The average Bonchev–Trinajstić information content (AvgIpc) is 3.24. The van der Waals surface area contributed by atoms with Crippen molar-refractivity contribution in [2.75, 3.05) is 13.2 Å². The Morgan fingerprint density at radius 1 is 0.328 bits per heavy atom. The van der Waals surface area contributed by atoms with Crippen LogP contribution in [0.3, 0.4) is 0 Å². The van der Waals surface area contributed by atoms with E-state index in [1.165, 1.54) is 180 Å². The van der Waals surface area contributed by atoms with Crippen LogP contribution >= 0.6 is 0 Å². The van der Waals surface area contributed by atoms with Crippen molar-refractivity contribution in [1.29, 1.82) is 0 Å². The van der Waals surface area contributed by atoms with Gasteiger partial charge in [-0.1, -0.05) is 260 Å². The van der Waals surface area contributed by atoms with Gasteiger partial charge < -0.3 is 14.2 Å². The molecule has 0 N–H and O–H groups in total. The molecule has 0 radical (unpaired) electrons. The molecule has 0 aromatic heterocycles. The molecule has 0 rings (SSSR count). The molecule has 61 heavy (non-hydrogen) atoms. The Balaban J connectivity index is 4.17. The Morgan fingerprint density at radius 3 is 0.852 bits per heavy atom. The zero-order chi connectivity index (χ0) is 44.9. The Hall–Kier alpha value is -1.59. The first-order valence-electron chi connectivity index (χ1n) is 27.2. The van der Waals surface area contributed by atoms with Gasteiger partial charge in [0.2, 0.25) is 0 Å². The molecule has 362 valence electrons. The minimum Gasteiger partial charge on any atom is -0.462 e. The van der Waals surface area contributed by atoms with Crippen LogP contribution in [0.25, 0.3) is 0 Å². The second-order valence-electron chi connectivity index (χ2n) is 19.8. The second-order valence-corrected chi connectivity index (χ2v) is 19.8. The minimum atomic E-state index is -0.763. The summed E-state index contributed by atoms with van der Waals surface area (Å²) in [5, 5.41) is 0. The van der Waals surface area contributed by atoms with Gasteiger partial charge in [0.25, 0.3) is 0 Å². The van der Waals surface area contributed by atoms with Crippen LogP contribution in [-0.4, -0.2) is 37.2 Å². The number of carbonyl (C=O) groups is 3. The van der Waals surface area contributed by atoms with Crippen molar-refractivity contribution in [1.82, 2.24) is 0 Å². The molecule has 0 aliphatic carbocycles. The number of unbranched alkanes of at least 4 members (excludes halogenated alkanes) is 29. The normalized spacial score (nSPS) is 13.0. The predicted molar refractivity (Wildman–Crippen MR) is 261 cm³/mol. The lowest BCUT2D eigenvalue weighted by molar-refractivity contribution is -0.167. The highest BCUT2D eigenvalue weighted by atomic mass is 16.6. The van der Waals surface area contributed by atoms with Crippen molar-refractivity contribution in [2.24, 2.45) is 17.8 Å². The van der Waals surface area contributed by atoms with Crippen LogP contribution in [0.2, 0.25) is 0 Å². The van der Waals surface area contributed by atoms with Gasteiger partial charge in [0, 0.05) is 19.3 Å². The summed E-state index contributed by atoms with van der Waals surface area (Å²) in [6, 6.07) is 0. The topological polar surface area (TPSA) is 78.9 Å². The number of hydrogen-bond donors (Lipinski definition) is 0. The summed E-state index contributed by atoms with van der Waals surface area (Å²) in [5.74, 6) is 1.66. The summed E-state index contributed by atoms with van der Waals surface area (Å²) in [6.45, 7) is 13.7. The zero-order valence-corrected chi connectivity index (χ0v) is 42.0. The fraction of sp³-hybridized carbons (Fsp3) is 0.945. The summed E-state index contributed by atoms with van der Waals surface area (Å²) < 4.78 is 16.8. The van der Waals surface area contributed by atoms with Crippen molar-refractivity contribution in [3.63, 3.8) is 0 Å². The molecule has 6 heteroatoms. The van der Waals surface area contributed by atoms with Crippen LogP contribution in [0.1, 0.15) is 298 Å². The maximum absolute atomic E-state index is 12.8. The van der Waals surface area contributed by atoms with Crippen molar-refractivity contribution >= 4 is 17.9 Å². The standard InChI is InChI=1S/C55H106O6/c1-7-50(5)42-36-30-24-19-17-15-13-11-9-10-12-14-16-18-20-25-32-38-44-53(56)59-47-52(48-60-54(57)45-39-33-28-27-31-37-43-51(6)8-2)61-55(58)46-40-34-26-22-21-23-29-35-41-49(3)4/h49-52H,7-48H2,1-6H3/t50?,51?,52-/m1/s1. The highest BCUT2D eigenvalue weighted by Crippen LogP contribution is 2.19. The highest BCUT2D eigenvalue weighted by Gasteiger charge is 2.19. The van der Waals surface area contributed by atoms with E-state index < -0.39 is 6.10 Å². The van der Waals surface area contributed by atoms with E-state index in [0.29, 0.717) is 19.3 Å². The third kappa shape index (κ3) is 46.2. The van der Waals surface area contributed by atoms with E-state index in [4.69, 9.17) is 14.2 Å². The van der Waals surface area contributed by atoms with Crippen molar-refractivity contribution in [3.05, 3.63) is 0 Å². The monoisotopic (exact) mass is 863 g/mol. The number of rotatable bonds is 48. The lowest BCUT2D eigenvalue weighted by Crippen LogP contribution is -2.30. The summed E-state index contributed by atoms with van der Waals surface area (Å²) in [4.78, 5) is 37.9. The van der Waals surface area contributed by atoms with Crippen LogP contribution in [0.4, 0.5) is 0 Å². The van der Waals surface area contributed by atoms with Gasteiger partial charge >= 0.3 is 17.9 Å². The Kier molecular flexibility index (Phi) is 45.2. The number of esters is 3. The molecular weight excluding hydrogens is 757 g/mol. The first-order chi connectivity index (χ1) is 29.7. The van der Waals surface area contributed by atoms with Gasteiger partial charge in [-0.2, -0.15) is 0 Å². The van der Waals surface area contributed by atoms with E-state index in [-0.39, 0.29) is 31.1 Å². The molecule has 3 atom stereocenters. The molecule has 0 amide bonds. The molecule has 0 aromatic carbocycles. The Morgan fingerprint density at radius 2 is 0.574 bits per heavy atom. The van der Waals surface area contributed by atoms with Crippen LogP contribution in [0, 0.1) is 17.8 Å². The first-order valence-corrected chi connectivity index (χ1v) is 27.2. The summed E-state index contributed by atoms with van der Waals surface area (Å²) in [6.07, 6.45) is 46.7. The van der Waals surface area contributed by atoms with Gasteiger partial charge in [0.15, 0.2) is 6.10 Å². The van der Waals surface area contributed by atoms with E-state index in [0.717, 1.165) is 75.5 Å². The molecule has 0 fully saturated rings. The Bertz CT molecular complexity index is 949. The molecular formula is C55H106O6. The molecule has 0 saturated carbocycles. The van der Waals surface area contributed by atoms with E-state index in [9.17, 15) is 14.4 Å². The third-order valence-corrected chi connectivity index (χ3v) is 13.1. The summed E-state index contributed by atoms with van der Waals surface area (Å²) in [7, 11) is 0. The van der Waals surface area contributed by atoms with E-state index >= 15 is 0 Å². The van der Waals surface area contributed by atoms with Gasteiger partial charge in [-0.25, -0.2) is 0 Å². The fourth-order valence-electron chi connectivity index (χ4n) is 8.23. The van der Waals surface area contributed by atoms with Gasteiger partial charge in [0.05, 0.1) is 0 Å². The zero-order valence-electron chi connectivity index (χ0n) is 42.0. The molecule has 0 saturated heterocycles. The van der Waals surface area contributed by atoms with Gasteiger partial charge in [0.1, 0.15) is 13.2 Å². The predicted octanol–water partition coefficient (Wildman–Crippen LogP) is 17.6.